The molecule has 0 aromatic heterocycles. The summed E-state index contributed by atoms with van der Waals surface area (Å²) in [5.74, 6) is -0.148. The molecule has 0 saturated carbocycles. The molecule has 0 radical (unpaired) electrons. The fraction of sp³-hybridized carbons (Fsp3) is 0.375. The van der Waals surface area contributed by atoms with Gasteiger partial charge in [0.15, 0.2) is 0 Å². The zero-order chi connectivity index (χ0) is 13.3. The minimum absolute atomic E-state index is 0.148. The third kappa shape index (κ3) is 2.92. The topological polar surface area (TPSA) is 0 Å². The summed E-state index contributed by atoms with van der Waals surface area (Å²) in [5.41, 5.74) is 1.41. The highest BCUT2D eigenvalue weighted by atomic mass is 79.9. The highest BCUT2D eigenvalue weighted by Crippen LogP contribution is 2.38. The number of rotatable bonds is 2. The molecule has 0 amide bonds. The van der Waals surface area contributed by atoms with Gasteiger partial charge < -0.3 is 0 Å². The standard InChI is InChI=1S/C16H18BrF/c1-16(2,3)10-14(17)12-8-9-15(18)13-7-5-4-6-11(12)13/h4-9,14H,10H2,1-3H3. The van der Waals surface area contributed by atoms with E-state index in [1.54, 1.807) is 6.07 Å². The van der Waals surface area contributed by atoms with Gasteiger partial charge in [0.25, 0.3) is 0 Å². The van der Waals surface area contributed by atoms with E-state index in [2.05, 4.69) is 36.7 Å². The Balaban J connectivity index is 2.49. The number of halogens is 2. The maximum Gasteiger partial charge on any atom is 0.131 e. The van der Waals surface area contributed by atoms with Crippen LogP contribution in [0.3, 0.4) is 0 Å². The van der Waals surface area contributed by atoms with Crippen LogP contribution in [0.1, 0.15) is 37.6 Å². The number of benzene rings is 2. The van der Waals surface area contributed by atoms with Crippen molar-refractivity contribution in [2.45, 2.75) is 32.0 Å². The van der Waals surface area contributed by atoms with Gasteiger partial charge in [-0.05, 0) is 28.9 Å². The van der Waals surface area contributed by atoms with E-state index in [0.717, 1.165) is 11.8 Å². The quantitative estimate of drug-likeness (QED) is 0.610. The fourth-order valence-corrected chi connectivity index (χ4v) is 3.58. The van der Waals surface area contributed by atoms with Crippen LogP contribution in [0.2, 0.25) is 0 Å². The molecule has 0 spiro atoms. The first kappa shape index (κ1) is 13.5. The van der Waals surface area contributed by atoms with Gasteiger partial charge in [-0.15, -0.1) is 0 Å². The highest BCUT2D eigenvalue weighted by molar-refractivity contribution is 9.09. The van der Waals surface area contributed by atoms with Gasteiger partial charge in [0, 0.05) is 10.2 Å². The van der Waals surface area contributed by atoms with Crippen LogP contribution in [0, 0.1) is 11.2 Å². The van der Waals surface area contributed by atoms with E-state index in [4.69, 9.17) is 0 Å². The number of hydrogen-bond donors (Lipinski definition) is 0. The summed E-state index contributed by atoms with van der Waals surface area (Å²) in [5, 5.41) is 1.71. The molecule has 2 heteroatoms. The molecule has 0 heterocycles. The predicted molar refractivity (Wildman–Crippen MR) is 79.6 cm³/mol. The van der Waals surface area contributed by atoms with Crippen LogP contribution in [-0.2, 0) is 0 Å². The van der Waals surface area contributed by atoms with Crippen LogP contribution in [0.5, 0.6) is 0 Å². The maximum absolute atomic E-state index is 13.8. The summed E-state index contributed by atoms with van der Waals surface area (Å²) in [6.07, 6.45) is 1.02. The van der Waals surface area contributed by atoms with E-state index >= 15 is 0 Å². The van der Waals surface area contributed by atoms with E-state index in [1.165, 1.54) is 5.56 Å². The molecule has 0 N–H and O–H groups in total. The van der Waals surface area contributed by atoms with Gasteiger partial charge in [0.1, 0.15) is 5.82 Å². The largest absolute Gasteiger partial charge is 0.206 e. The second kappa shape index (κ2) is 5.00. The molecule has 96 valence electrons. The maximum atomic E-state index is 13.8. The molecular formula is C16H18BrF. The Morgan fingerprint density at radius 1 is 1.06 bits per heavy atom. The van der Waals surface area contributed by atoms with Crippen LogP contribution in [0.25, 0.3) is 10.8 Å². The third-order valence-corrected chi connectivity index (χ3v) is 3.85. The second-order valence-corrected chi connectivity index (χ2v) is 7.02. The van der Waals surface area contributed by atoms with Gasteiger partial charge in [0.2, 0.25) is 0 Å². The molecule has 2 rings (SSSR count). The van der Waals surface area contributed by atoms with Gasteiger partial charge >= 0.3 is 0 Å². The van der Waals surface area contributed by atoms with Crippen molar-refractivity contribution < 1.29 is 4.39 Å². The lowest BCUT2D eigenvalue weighted by Gasteiger charge is -2.23. The summed E-state index contributed by atoms with van der Waals surface area (Å²) in [6, 6.07) is 11.1. The molecule has 0 saturated heterocycles. The van der Waals surface area contributed by atoms with Crippen molar-refractivity contribution in [3.63, 3.8) is 0 Å². The molecule has 0 aliphatic heterocycles. The molecule has 1 unspecified atom stereocenters. The molecule has 1 atom stereocenters. The van der Waals surface area contributed by atoms with Crippen LogP contribution >= 0.6 is 15.9 Å². The van der Waals surface area contributed by atoms with Crippen molar-refractivity contribution in [3.05, 3.63) is 47.8 Å². The first-order chi connectivity index (χ1) is 8.38. The summed E-state index contributed by atoms with van der Waals surface area (Å²) in [4.78, 5) is 0.253. The van der Waals surface area contributed by atoms with Crippen molar-refractivity contribution in [1.29, 1.82) is 0 Å². The van der Waals surface area contributed by atoms with E-state index < -0.39 is 0 Å². The van der Waals surface area contributed by atoms with Gasteiger partial charge in [-0.25, -0.2) is 4.39 Å². The minimum Gasteiger partial charge on any atom is -0.206 e. The molecule has 0 aliphatic rings. The van der Waals surface area contributed by atoms with E-state index in [1.807, 2.05) is 30.3 Å². The first-order valence-corrected chi connectivity index (χ1v) is 7.11. The SMILES string of the molecule is CC(C)(C)CC(Br)c1ccc(F)c2ccccc12. The molecule has 18 heavy (non-hydrogen) atoms. The van der Waals surface area contributed by atoms with E-state index in [9.17, 15) is 4.39 Å². The summed E-state index contributed by atoms with van der Waals surface area (Å²) in [7, 11) is 0. The van der Waals surface area contributed by atoms with Crippen LogP contribution < -0.4 is 0 Å². The third-order valence-electron chi connectivity index (χ3n) is 3.03. The van der Waals surface area contributed by atoms with Crippen molar-refractivity contribution in [2.75, 3.05) is 0 Å². The molecule has 0 nitrogen and oxygen atoms in total. The van der Waals surface area contributed by atoms with Gasteiger partial charge in [-0.1, -0.05) is 67.0 Å². The number of alkyl halides is 1. The van der Waals surface area contributed by atoms with Gasteiger partial charge in [-0.2, -0.15) is 0 Å². The summed E-state index contributed by atoms with van der Waals surface area (Å²) < 4.78 is 13.8. The zero-order valence-electron chi connectivity index (χ0n) is 11.0. The predicted octanol–water partition coefficient (Wildman–Crippen LogP) is 5.85. The average Bonchev–Trinajstić information content (AvgIpc) is 2.27. The van der Waals surface area contributed by atoms with E-state index in [0.29, 0.717) is 5.39 Å². The Morgan fingerprint density at radius 2 is 1.67 bits per heavy atom. The smallest absolute Gasteiger partial charge is 0.131 e. The highest BCUT2D eigenvalue weighted by Gasteiger charge is 2.20. The van der Waals surface area contributed by atoms with Crippen molar-refractivity contribution in [1.82, 2.24) is 0 Å². The van der Waals surface area contributed by atoms with E-state index in [-0.39, 0.29) is 16.1 Å². The lowest BCUT2D eigenvalue weighted by Crippen LogP contribution is -2.08. The first-order valence-electron chi connectivity index (χ1n) is 6.20. The van der Waals surface area contributed by atoms with Crippen LogP contribution in [0.15, 0.2) is 36.4 Å². The van der Waals surface area contributed by atoms with Crippen molar-refractivity contribution >= 4 is 26.7 Å². The number of fused-ring (bicyclic) bond motifs is 1. The Morgan fingerprint density at radius 3 is 2.28 bits per heavy atom. The molecule has 2 aromatic carbocycles. The van der Waals surface area contributed by atoms with Crippen molar-refractivity contribution in [2.24, 2.45) is 5.41 Å². The molecule has 0 aliphatic carbocycles. The second-order valence-electron chi connectivity index (χ2n) is 5.91. The molecule has 0 fully saturated rings. The lowest BCUT2D eigenvalue weighted by atomic mass is 9.87. The Hall–Kier alpha value is -0.890. The fourth-order valence-electron chi connectivity index (χ4n) is 2.21. The molecule has 0 bridgehead atoms. The van der Waals surface area contributed by atoms with Crippen LogP contribution in [0.4, 0.5) is 4.39 Å². The summed E-state index contributed by atoms with van der Waals surface area (Å²) in [6.45, 7) is 6.65. The monoisotopic (exact) mass is 308 g/mol. The molecule has 2 aromatic rings. The Kier molecular flexibility index (Phi) is 3.76. The van der Waals surface area contributed by atoms with Crippen LogP contribution in [-0.4, -0.2) is 0 Å². The number of hydrogen-bond acceptors (Lipinski definition) is 0. The van der Waals surface area contributed by atoms with Crippen molar-refractivity contribution in [3.8, 4) is 0 Å². The normalized spacial score (nSPS) is 13.8. The molecular weight excluding hydrogens is 291 g/mol. The average molecular weight is 309 g/mol. The Bertz CT molecular complexity index is 555. The summed E-state index contributed by atoms with van der Waals surface area (Å²) >= 11 is 3.75. The zero-order valence-corrected chi connectivity index (χ0v) is 12.6. The van der Waals surface area contributed by atoms with Gasteiger partial charge in [0.05, 0.1) is 0 Å². The lowest BCUT2D eigenvalue weighted by molar-refractivity contribution is 0.377. The minimum atomic E-state index is -0.148. The van der Waals surface area contributed by atoms with Gasteiger partial charge in [-0.3, -0.25) is 0 Å². The Labute approximate surface area is 116 Å².